The number of aryl methyl sites for hydroxylation is 1. The lowest BCUT2D eigenvalue weighted by Gasteiger charge is -2.34. The third-order valence-electron chi connectivity index (χ3n) is 7.97. The van der Waals surface area contributed by atoms with Gasteiger partial charge in [0, 0.05) is 49.6 Å². The van der Waals surface area contributed by atoms with Crippen molar-refractivity contribution in [2.75, 3.05) is 31.3 Å². The van der Waals surface area contributed by atoms with Crippen molar-refractivity contribution in [1.82, 2.24) is 19.9 Å². The van der Waals surface area contributed by atoms with E-state index in [0.717, 1.165) is 18.4 Å². The number of amides is 1. The predicted octanol–water partition coefficient (Wildman–Crippen LogP) is 6.69. The van der Waals surface area contributed by atoms with E-state index in [0.29, 0.717) is 46.8 Å². The van der Waals surface area contributed by atoms with Crippen LogP contribution in [-0.4, -0.2) is 78.1 Å². The summed E-state index contributed by atoms with van der Waals surface area (Å²) < 4.78 is 58.1. The molecular weight excluding hydrogens is 637 g/mol. The number of nitrogens with zero attached hydrogens (tertiary/aromatic N) is 4. The SMILES string of the molecule is CO[C@@H](C)CS(=O)(=O)Cc1c(F)ccc2c(Oc3ncccc3-c3ccnc(N[C@H]4CCCN(C(=O)OC(C)(C)C)C4)n3)c(C)ccc12. The van der Waals surface area contributed by atoms with E-state index in [9.17, 15) is 13.2 Å². The summed E-state index contributed by atoms with van der Waals surface area (Å²) in [4.78, 5) is 28.0. The summed E-state index contributed by atoms with van der Waals surface area (Å²) in [5.74, 6) is -0.243. The number of sulfone groups is 1. The first kappa shape index (κ1) is 35.0. The van der Waals surface area contributed by atoms with Gasteiger partial charge in [0.05, 0.1) is 28.9 Å². The van der Waals surface area contributed by atoms with Gasteiger partial charge in [0.1, 0.15) is 17.2 Å². The number of rotatable bonds is 10. The van der Waals surface area contributed by atoms with E-state index in [-0.39, 0.29) is 29.3 Å². The van der Waals surface area contributed by atoms with Gasteiger partial charge in [-0.15, -0.1) is 0 Å². The van der Waals surface area contributed by atoms with Gasteiger partial charge in [0.25, 0.3) is 0 Å². The van der Waals surface area contributed by atoms with E-state index in [1.165, 1.54) is 13.2 Å². The van der Waals surface area contributed by atoms with Crippen LogP contribution in [0.15, 0.2) is 54.9 Å². The second kappa shape index (κ2) is 14.4. The number of piperidine rings is 1. The average Bonchev–Trinajstić information content (AvgIpc) is 3.03. The molecular formula is C35H42FN5O6S. The predicted molar refractivity (Wildman–Crippen MR) is 182 cm³/mol. The first-order valence-corrected chi connectivity index (χ1v) is 17.7. The number of benzene rings is 2. The lowest BCUT2D eigenvalue weighted by molar-refractivity contribution is 0.0206. The Kier molecular flexibility index (Phi) is 10.5. The third kappa shape index (κ3) is 8.56. The van der Waals surface area contributed by atoms with Crippen molar-refractivity contribution in [3.63, 3.8) is 0 Å². The zero-order chi connectivity index (χ0) is 34.6. The van der Waals surface area contributed by atoms with E-state index < -0.39 is 33.1 Å². The van der Waals surface area contributed by atoms with Crippen molar-refractivity contribution in [2.45, 2.75) is 71.0 Å². The zero-order valence-corrected chi connectivity index (χ0v) is 28.9. The average molecular weight is 680 g/mol. The summed E-state index contributed by atoms with van der Waals surface area (Å²) in [5, 5.41) is 4.35. The Morgan fingerprint density at radius 2 is 1.88 bits per heavy atom. The number of pyridine rings is 1. The Hall–Kier alpha value is -4.36. The molecule has 0 bridgehead atoms. The van der Waals surface area contributed by atoms with Crippen molar-refractivity contribution >= 4 is 32.7 Å². The molecule has 1 amide bonds. The normalized spacial score (nSPS) is 16.1. The molecule has 13 heteroatoms. The van der Waals surface area contributed by atoms with Gasteiger partial charge in [-0.1, -0.05) is 12.1 Å². The highest BCUT2D eigenvalue weighted by atomic mass is 32.2. The second-order valence-corrected chi connectivity index (χ2v) is 15.2. The van der Waals surface area contributed by atoms with Crippen LogP contribution in [0.4, 0.5) is 15.1 Å². The third-order valence-corrected chi connectivity index (χ3v) is 9.67. The van der Waals surface area contributed by atoms with Crippen molar-refractivity contribution in [2.24, 2.45) is 0 Å². The minimum atomic E-state index is -3.68. The van der Waals surface area contributed by atoms with Gasteiger partial charge < -0.3 is 24.4 Å². The quantitative estimate of drug-likeness (QED) is 0.193. The molecule has 11 nitrogen and oxygen atoms in total. The number of nitrogens with one attached hydrogen (secondary N) is 1. The van der Waals surface area contributed by atoms with Crippen molar-refractivity contribution in [1.29, 1.82) is 0 Å². The highest BCUT2D eigenvalue weighted by molar-refractivity contribution is 7.90. The van der Waals surface area contributed by atoms with Crippen LogP contribution < -0.4 is 10.1 Å². The van der Waals surface area contributed by atoms with Crippen molar-refractivity contribution in [3.8, 4) is 22.9 Å². The topological polar surface area (TPSA) is 133 Å². The van der Waals surface area contributed by atoms with Crippen LogP contribution in [0.2, 0.25) is 0 Å². The van der Waals surface area contributed by atoms with Crippen molar-refractivity contribution in [3.05, 3.63) is 71.8 Å². The summed E-state index contributed by atoms with van der Waals surface area (Å²) in [6, 6.07) is 11.6. The minimum absolute atomic E-state index is 0.0689. The lowest BCUT2D eigenvalue weighted by Crippen LogP contribution is -2.47. The molecule has 2 aromatic heterocycles. The first-order chi connectivity index (χ1) is 22.7. The number of methoxy groups -OCH3 is 1. The molecule has 0 unspecified atom stereocenters. The molecule has 5 rings (SSSR count). The summed E-state index contributed by atoms with van der Waals surface area (Å²) >= 11 is 0. The number of carbonyl (C=O) groups excluding carboxylic acids is 1. The highest BCUT2D eigenvalue weighted by Crippen LogP contribution is 2.38. The van der Waals surface area contributed by atoms with Crippen LogP contribution >= 0.6 is 0 Å². The van der Waals surface area contributed by atoms with Gasteiger partial charge >= 0.3 is 6.09 Å². The summed E-state index contributed by atoms with van der Waals surface area (Å²) in [5.41, 5.74) is 1.39. The fourth-order valence-corrected chi connectivity index (χ4v) is 7.32. The fraction of sp³-hybridized carbons (Fsp3) is 0.429. The largest absolute Gasteiger partial charge is 0.444 e. The molecule has 2 aromatic carbocycles. The first-order valence-electron chi connectivity index (χ1n) is 15.9. The molecule has 4 aromatic rings. The van der Waals surface area contributed by atoms with Gasteiger partial charge in [0.15, 0.2) is 9.84 Å². The van der Waals surface area contributed by atoms with Gasteiger partial charge in [-0.25, -0.2) is 32.6 Å². The standard InChI is InChI=1S/C35H42FN5O6S/c1-22-11-12-25-26(13-14-29(36)28(25)21-48(43,44)20-23(2)45-6)31(22)46-32-27(10-7-16-37-32)30-15-17-38-33(40-30)39-24-9-8-18-41(19-24)34(42)47-35(3,4)5/h7,10-17,23-24H,8-9,18-21H2,1-6H3,(H,38,39,40)/t23-,24-/m0/s1. The molecule has 1 fully saturated rings. The number of anilines is 1. The van der Waals surface area contributed by atoms with E-state index in [1.807, 2.05) is 33.8 Å². The van der Waals surface area contributed by atoms with E-state index in [2.05, 4.69) is 15.3 Å². The molecule has 0 spiro atoms. The molecule has 48 heavy (non-hydrogen) atoms. The Morgan fingerprint density at radius 3 is 2.62 bits per heavy atom. The van der Waals surface area contributed by atoms with Crippen LogP contribution in [0.25, 0.3) is 22.0 Å². The molecule has 1 aliphatic heterocycles. The number of aromatic nitrogens is 3. The van der Waals surface area contributed by atoms with E-state index in [4.69, 9.17) is 19.2 Å². The zero-order valence-electron chi connectivity index (χ0n) is 28.1. The van der Waals surface area contributed by atoms with Crippen LogP contribution in [0, 0.1) is 12.7 Å². The van der Waals surface area contributed by atoms with Gasteiger partial charge in [0.2, 0.25) is 11.8 Å². The van der Waals surface area contributed by atoms with Crippen LogP contribution in [0.5, 0.6) is 11.6 Å². The maximum atomic E-state index is 15.2. The molecule has 3 heterocycles. The van der Waals surface area contributed by atoms with Crippen LogP contribution in [0.3, 0.4) is 0 Å². The minimum Gasteiger partial charge on any atom is -0.444 e. The smallest absolute Gasteiger partial charge is 0.410 e. The van der Waals surface area contributed by atoms with E-state index in [1.54, 1.807) is 54.5 Å². The van der Waals surface area contributed by atoms with Crippen molar-refractivity contribution < 1.29 is 31.8 Å². The number of ether oxygens (including phenoxy) is 3. The molecule has 0 radical (unpaired) electrons. The number of hydrogen-bond acceptors (Lipinski definition) is 10. The molecule has 0 saturated carbocycles. The molecule has 1 N–H and O–H groups in total. The fourth-order valence-electron chi connectivity index (χ4n) is 5.62. The van der Waals surface area contributed by atoms with Gasteiger partial charge in [-0.05, 0) is 88.7 Å². The monoisotopic (exact) mass is 679 g/mol. The van der Waals surface area contributed by atoms with Crippen LogP contribution in [0.1, 0.15) is 51.7 Å². The van der Waals surface area contributed by atoms with Gasteiger partial charge in [-0.2, -0.15) is 0 Å². The lowest BCUT2D eigenvalue weighted by atomic mass is 10.0. The maximum Gasteiger partial charge on any atom is 0.410 e. The Labute approximate surface area is 280 Å². The Bertz CT molecular complexity index is 1900. The van der Waals surface area contributed by atoms with E-state index >= 15 is 4.39 Å². The number of fused-ring (bicyclic) bond motifs is 1. The number of likely N-dealkylation sites (tertiary alicyclic amines) is 1. The van der Waals surface area contributed by atoms with Crippen LogP contribution in [-0.2, 0) is 25.1 Å². The highest BCUT2D eigenvalue weighted by Gasteiger charge is 2.28. The number of carbonyl (C=O) groups is 1. The number of halogens is 1. The summed E-state index contributed by atoms with van der Waals surface area (Å²) in [7, 11) is -2.24. The Morgan fingerprint density at radius 1 is 1.10 bits per heavy atom. The molecule has 1 saturated heterocycles. The van der Waals surface area contributed by atoms with Gasteiger partial charge in [-0.3, -0.25) is 0 Å². The molecule has 2 atom stereocenters. The maximum absolute atomic E-state index is 15.2. The molecule has 0 aliphatic carbocycles. The Balaban J connectivity index is 1.41. The second-order valence-electron chi connectivity index (χ2n) is 13.1. The molecule has 256 valence electrons. The number of hydrogen-bond donors (Lipinski definition) is 1. The summed E-state index contributed by atoms with van der Waals surface area (Å²) in [6.45, 7) is 10.1. The summed E-state index contributed by atoms with van der Waals surface area (Å²) in [6.07, 6.45) is 4.01. The molecule has 1 aliphatic rings.